The van der Waals surface area contributed by atoms with E-state index in [2.05, 4.69) is 5.32 Å². The molecule has 1 N–H and O–H groups in total. The van der Waals surface area contributed by atoms with E-state index < -0.39 is 0 Å². The van der Waals surface area contributed by atoms with E-state index in [4.69, 9.17) is 10.5 Å². The van der Waals surface area contributed by atoms with Crippen LogP contribution in [0.25, 0.3) is 0 Å². The Hall–Kier alpha value is -1.48. The molecule has 0 atom stereocenters. The molecule has 0 amide bonds. The van der Waals surface area contributed by atoms with Crippen LogP contribution >= 0.6 is 0 Å². The van der Waals surface area contributed by atoms with Gasteiger partial charge in [-0.3, -0.25) is 0 Å². The van der Waals surface area contributed by atoms with Crippen molar-refractivity contribution >= 4 is 0 Å². The fourth-order valence-corrected chi connectivity index (χ4v) is 2.37. The first-order valence-corrected chi connectivity index (χ1v) is 7.15. The second-order valence-corrected chi connectivity index (χ2v) is 4.94. The molecule has 0 spiro atoms. The lowest BCUT2D eigenvalue weighted by molar-refractivity contribution is 0.566. The highest BCUT2D eigenvalue weighted by Crippen LogP contribution is 2.15. The number of rotatable bonds is 0. The van der Waals surface area contributed by atoms with Gasteiger partial charge in [-0.15, -0.1) is 0 Å². The Labute approximate surface area is 110 Å². The minimum absolute atomic E-state index is 0.268. The van der Waals surface area contributed by atoms with E-state index in [9.17, 15) is 0 Å². The van der Waals surface area contributed by atoms with Gasteiger partial charge in [0.1, 0.15) is 17.7 Å². The van der Waals surface area contributed by atoms with Gasteiger partial charge in [-0.1, -0.05) is 44.9 Å². The van der Waals surface area contributed by atoms with E-state index >= 15 is 0 Å². The minimum Gasteiger partial charge on any atom is -0.387 e. The summed E-state index contributed by atoms with van der Waals surface area (Å²) in [6.07, 6.45) is 12.1. The number of hydrogen-bond donors (Lipinski definition) is 1. The maximum absolute atomic E-state index is 8.94. The van der Waals surface area contributed by atoms with Crippen LogP contribution in [0, 0.1) is 22.7 Å². The normalized spacial score (nSPS) is 19.1. The van der Waals surface area contributed by atoms with Crippen LogP contribution in [0.3, 0.4) is 0 Å². The van der Waals surface area contributed by atoms with Crippen LogP contribution in [0.15, 0.2) is 11.3 Å². The molecule has 0 aromatic rings. The van der Waals surface area contributed by atoms with E-state index in [0.717, 1.165) is 31.5 Å². The van der Waals surface area contributed by atoms with Crippen molar-refractivity contribution in [3.8, 4) is 12.1 Å². The second kappa shape index (κ2) is 9.54. The Morgan fingerprint density at radius 1 is 0.778 bits per heavy atom. The first-order chi connectivity index (χ1) is 8.88. The number of nitriles is 2. The van der Waals surface area contributed by atoms with Crippen molar-refractivity contribution < 1.29 is 0 Å². The molecule has 18 heavy (non-hydrogen) atoms. The third kappa shape index (κ3) is 5.73. The van der Waals surface area contributed by atoms with Gasteiger partial charge in [0.05, 0.1) is 0 Å². The Kier molecular flexibility index (Phi) is 7.73. The van der Waals surface area contributed by atoms with Crippen molar-refractivity contribution in [3.63, 3.8) is 0 Å². The fraction of sp³-hybridized carbons (Fsp3) is 0.733. The predicted octanol–water partition coefficient (Wildman–Crippen LogP) is 3.79. The van der Waals surface area contributed by atoms with Crippen LogP contribution in [-0.2, 0) is 0 Å². The van der Waals surface area contributed by atoms with Gasteiger partial charge in [0.25, 0.3) is 0 Å². The van der Waals surface area contributed by atoms with Crippen LogP contribution in [0.2, 0.25) is 0 Å². The molecule has 0 aromatic carbocycles. The van der Waals surface area contributed by atoms with Gasteiger partial charge in [-0.25, -0.2) is 0 Å². The maximum Gasteiger partial charge on any atom is 0.148 e. The zero-order valence-corrected chi connectivity index (χ0v) is 11.2. The maximum atomic E-state index is 8.94. The first-order valence-electron chi connectivity index (χ1n) is 7.15. The van der Waals surface area contributed by atoms with Crippen LogP contribution < -0.4 is 5.32 Å². The highest BCUT2D eigenvalue weighted by atomic mass is 14.9. The summed E-state index contributed by atoms with van der Waals surface area (Å²) in [5.74, 6) is 0. The largest absolute Gasteiger partial charge is 0.387 e. The molecule has 3 nitrogen and oxygen atoms in total. The van der Waals surface area contributed by atoms with Crippen molar-refractivity contribution in [2.75, 3.05) is 6.54 Å². The zero-order chi connectivity index (χ0) is 13.1. The number of allylic oxidation sites excluding steroid dienone is 2. The lowest BCUT2D eigenvalue weighted by Crippen LogP contribution is -2.16. The molecule has 0 bridgehead atoms. The molecule has 98 valence electrons. The van der Waals surface area contributed by atoms with Crippen molar-refractivity contribution in [1.29, 1.82) is 10.5 Å². The summed E-state index contributed by atoms with van der Waals surface area (Å²) < 4.78 is 0. The first kappa shape index (κ1) is 14.6. The number of nitrogens with one attached hydrogen (secondary N) is 1. The average Bonchev–Trinajstić information content (AvgIpc) is 2.42. The molecule has 0 radical (unpaired) electrons. The third-order valence-corrected chi connectivity index (χ3v) is 3.47. The van der Waals surface area contributed by atoms with Crippen molar-refractivity contribution in [2.24, 2.45) is 0 Å². The zero-order valence-electron chi connectivity index (χ0n) is 11.2. The predicted molar refractivity (Wildman–Crippen MR) is 72.4 cm³/mol. The van der Waals surface area contributed by atoms with Gasteiger partial charge in [0.2, 0.25) is 0 Å². The molecule has 1 aliphatic rings. The van der Waals surface area contributed by atoms with Gasteiger partial charge >= 0.3 is 0 Å². The smallest absolute Gasteiger partial charge is 0.148 e. The molecule has 1 rings (SSSR count). The quantitative estimate of drug-likeness (QED) is 0.660. The van der Waals surface area contributed by atoms with Crippen LogP contribution in [0.5, 0.6) is 0 Å². The summed E-state index contributed by atoms with van der Waals surface area (Å²) in [6.45, 7) is 0.891. The van der Waals surface area contributed by atoms with Gasteiger partial charge in [-0.05, 0) is 19.3 Å². The summed E-state index contributed by atoms with van der Waals surface area (Å²) >= 11 is 0. The van der Waals surface area contributed by atoms with Gasteiger partial charge in [-0.2, -0.15) is 10.5 Å². The Balaban J connectivity index is 2.56. The lowest BCUT2D eigenvalue weighted by atomic mass is 10.1. The van der Waals surface area contributed by atoms with Gasteiger partial charge < -0.3 is 5.32 Å². The summed E-state index contributed by atoms with van der Waals surface area (Å²) in [5.41, 5.74) is 1.13. The average molecular weight is 245 g/mol. The number of nitrogens with zero attached hydrogens (tertiary/aromatic N) is 2. The van der Waals surface area contributed by atoms with E-state index in [1.807, 2.05) is 12.1 Å². The lowest BCUT2D eigenvalue weighted by Gasteiger charge is -2.10. The molecule has 0 aliphatic carbocycles. The van der Waals surface area contributed by atoms with E-state index in [1.165, 1.54) is 44.9 Å². The van der Waals surface area contributed by atoms with E-state index in [-0.39, 0.29) is 5.57 Å². The molecule has 0 unspecified atom stereocenters. The van der Waals surface area contributed by atoms with Crippen molar-refractivity contribution in [2.45, 2.75) is 64.2 Å². The van der Waals surface area contributed by atoms with Crippen molar-refractivity contribution in [3.05, 3.63) is 11.3 Å². The molecule has 1 saturated heterocycles. The van der Waals surface area contributed by atoms with E-state index in [0.29, 0.717) is 0 Å². The molecule has 1 aliphatic heterocycles. The molecular weight excluding hydrogens is 222 g/mol. The summed E-state index contributed by atoms with van der Waals surface area (Å²) in [6, 6.07) is 4.00. The number of hydrogen-bond acceptors (Lipinski definition) is 3. The molecule has 1 fully saturated rings. The topological polar surface area (TPSA) is 59.6 Å². The molecule has 1 heterocycles. The van der Waals surface area contributed by atoms with Crippen LogP contribution in [-0.4, -0.2) is 6.54 Å². The molecular formula is C15H23N3. The Morgan fingerprint density at radius 2 is 1.28 bits per heavy atom. The molecule has 0 saturated carbocycles. The van der Waals surface area contributed by atoms with Crippen LogP contribution in [0.1, 0.15) is 64.2 Å². The fourth-order valence-electron chi connectivity index (χ4n) is 2.37. The van der Waals surface area contributed by atoms with Gasteiger partial charge in [0, 0.05) is 12.2 Å². The van der Waals surface area contributed by atoms with Crippen molar-refractivity contribution in [1.82, 2.24) is 5.32 Å². The van der Waals surface area contributed by atoms with Gasteiger partial charge in [0.15, 0.2) is 0 Å². The highest BCUT2D eigenvalue weighted by molar-refractivity contribution is 5.39. The summed E-state index contributed by atoms with van der Waals surface area (Å²) in [7, 11) is 0. The standard InChI is InChI=1S/C15H23N3/c16-12-14(13-17)15-10-8-6-4-2-1-3-5-7-9-11-18-15/h18H,1-11H2. The Bertz CT molecular complexity index is 312. The van der Waals surface area contributed by atoms with Crippen LogP contribution in [0.4, 0.5) is 0 Å². The molecule has 3 heteroatoms. The van der Waals surface area contributed by atoms with E-state index in [1.54, 1.807) is 0 Å². The monoisotopic (exact) mass is 245 g/mol. The summed E-state index contributed by atoms with van der Waals surface area (Å²) in [5, 5.41) is 21.2. The second-order valence-electron chi connectivity index (χ2n) is 4.94. The minimum atomic E-state index is 0.268. The summed E-state index contributed by atoms with van der Waals surface area (Å²) in [4.78, 5) is 0. The SMILES string of the molecule is N#CC(C#N)=C1CCCCCCCCCCCN1. The third-order valence-electron chi connectivity index (χ3n) is 3.47. The highest BCUT2D eigenvalue weighted by Gasteiger charge is 2.06. The molecule has 0 aromatic heterocycles. The Morgan fingerprint density at radius 3 is 1.83 bits per heavy atom.